The second-order valence-corrected chi connectivity index (χ2v) is 6.91. The highest BCUT2D eigenvalue weighted by Crippen LogP contribution is 2.37. The summed E-state index contributed by atoms with van der Waals surface area (Å²) >= 11 is 12.4. The number of carbonyl (C=O) groups is 1. The molecule has 22 heavy (non-hydrogen) atoms. The third kappa shape index (κ3) is 2.98. The molecular weight excluding hydrogens is 323 g/mol. The minimum atomic E-state index is -0.432. The molecule has 0 bridgehead atoms. The molecule has 1 aromatic rings. The molecule has 1 saturated heterocycles. The van der Waals surface area contributed by atoms with E-state index >= 15 is 0 Å². The second-order valence-electron chi connectivity index (χ2n) is 6.06. The van der Waals surface area contributed by atoms with Crippen molar-refractivity contribution in [2.45, 2.75) is 44.4 Å². The fourth-order valence-corrected chi connectivity index (χ4v) is 4.08. The zero-order valence-corrected chi connectivity index (χ0v) is 14.0. The Hall–Kier alpha value is -0.810. The van der Waals surface area contributed by atoms with Crippen LogP contribution in [0.25, 0.3) is 0 Å². The molecule has 1 fully saturated rings. The van der Waals surface area contributed by atoms with E-state index in [4.69, 9.17) is 33.7 Å². The Kier molecular flexibility index (Phi) is 4.64. The van der Waals surface area contributed by atoms with Crippen LogP contribution in [0.1, 0.15) is 36.9 Å². The van der Waals surface area contributed by atoms with Crippen molar-refractivity contribution in [3.63, 3.8) is 0 Å². The number of amides is 1. The Morgan fingerprint density at radius 3 is 2.91 bits per heavy atom. The van der Waals surface area contributed by atoms with Gasteiger partial charge in [-0.15, -0.1) is 0 Å². The summed E-state index contributed by atoms with van der Waals surface area (Å²) in [7, 11) is 0. The molecule has 6 heteroatoms. The van der Waals surface area contributed by atoms with E-state index in [0.29, 0.717) is 29.6 Å². The van der Waals surface area contributed by atoms with Gasteiger partial charge < -0.3 is 15.4 Å². The highest BCUT2D eigenvalue weighted by Gasteiger charge is 2.35. The van der Waals surface area contributed by atoms with Crippen LogP contribution in [0.4, 0.5) is 0 Å². The summed E-state index contributed by atoms with van der Waals surface area (Å²) < 4.78 is 5.62. The Morgan fingerprint density at radius 2 is 2.18 bits per heavy atom. The number of benzene rings is 1. The monoisotopic (exact) mass is 342 g/mol. The number of carbonyl (C=O) groups excluding carboxylic acids is 1. The van der Waals surface area contributed by atoms with Gasteiger partial charge in [0, 0.05) is 29.2 Å². The number of fused-ring (bicyclic) bond motifs is 1. The van der Waals surface area contributed by atoms with Crippen molar-refractivity contribution < 1.29 is 9.53 Å². The maximum absolute atomic E-state index is 12.8. The maximum Gasteiger partial charge on any atom is 0.252 e. The van der Waals surface area contributed by atoms with Gasteiger partial charge in [0.05, 0.1) is 6.04 Å². The summed E-state index contributed by atoms with van der Waals surface area (Å²) in [6.45, 7) is 3.20. The lowest BCUT2D eigenvalue weighted by Crippen LogP contribution is -2.49. The zero-order chi connectivity index (χ0) is 15.9. The van der Waals surface area contributed by atoms with Crippen LogP contribution >= 0.6 is 23.2 Å². The van der Waals surface area contributed by atoms with E-state index in [1.165, 1.54) is 0 Å². The summed E-state index contributed by atoms with van der Waals surface area (Å²) in [6, 6.07) is 3.63. The molecular formula is C16H20Cl2N2O2. The lowest BCUT2D eigenvalue weighted by Gasteiger charge is -2.39. The van der Waals surface area contributed by atoms with Gasteiger partial charge in [0.25, 0.3) is 5.91 Å². The van der Waals surface area contributed by atoms with Crippen LogP contribution in [0, 0.1) is 0 Å². The fraction of sp³-hybridized carbons (Fsp3) is 0.562. The lowest BCUT2D eigenvalue weighted by molar-refractivity contribution is -0.149. The molecule has 0 aliphatic carbocycles. The van der Waals surface area contributed by atoms with E-state index in [-0.39, 0.29) is 18.0 Å². The number of halogens is 2. The van der Waals surface area contributed by atoms with Crippen LogP contribution in [0.15, 0.2) is 12.1 Å². The first-order chi connectivity index (χ1) is 10.5. The van der Waals surface area contributed by atoms with Gasteiger partial charge in [0.1, 0.15) is 6.10 Å². The second kappa shape index (κ2) is 6.36. The number of ether oxygens (including phenoxy) is 1. The quantitative estimate of drug-likeness (QED) is 0.853. The van der Waals surface area contributed by atoms with Crippen LogP contribution in [0.2, 0.25) is 10.0 Å². The standard InChI is InChI=1S/C16H20Cl2N2O2/c1-9-15-10(6-11(17)7-13(15)18)2-4-20(9)16(21)14-8-12(19)3-5-22-14/h6-7,9,12,14H,2-5,8,19H2,1H3/t9-,12+,14+/m0/s1. The molecule has 2 heterocycles. The predicted octanol–water partition coefficient (Wildman–Crippen LogP) is 2.95. The van der Waals surface area contributed by atoms with Gasteiger partial charge in [0.15, 0.2) is 0 Å². The van der Waals surface area contributed by atoms with Gasteiger partial charge in [-0.25, -0.2) is 0 Å². The Labute approximate surface area is 140 Å². The molecule has 0 spiro atoms. The average molecular weight is 343 g/mol. The average Bonchev–Trinajstić information content (AvgIpc) is 2.46. The van der Waals surface area contributed by atoms with Gasteiger partial charge in [0.2, 0.25) is 0 Å². The highest BCUT2D eigenvalue weighted by atomic mass is 35.5. The van der Waals surface area contributed by atoms with Crippen molar-refractivity contribution >= 4 is 29.1 Å². The van der Waals surface area contributed by atoms with Crippen molar-refractivity contribution in [3.8, 4) is 0 Å². The van der Waals surface area contributed by atoms with E-state index in [1.54, 1.807) is 6.07 Å². The molecule has 0 aromatic heterocycles. The molecule has 2 aliphatic rings. The minimum Gasteiger partial charge on any atom is -0.368 e. The van der Waals surface area contributed by atoms with Gasteiger partial charge >= 0.3 is 0 Å². The molecule has 1 amide bonds. The summed E-state index contributed by atoms with van der Waals surface area (Å²) in [5.74, 6) is 0.0133. The lowest BCUT2D eigenvalue weighted by atomic mass is 9.92. The summed E-state index contributed by atoms with van der Waals surface area (Å²) in [5, 5.41) is 1.26. The molecule has 0 radical (unpaired) electrons. The summed E-state index contributed by atoms with van der Waals surface area (Å²) in [6.07, 6.45) is 1.72. The van der Waals surface area contributed by atoms with Gasteiger partial charge in [-0.05, 0) is 49.4 Å². The normalized spacial score (nSPS) is 28.4. The molecule has 2 aliphatic heterocycles. The van der Waals surface area contributed by atoms with Crippen molar-refractivity contribution in [2.24, 2.45) is 5.73 Å². The van der Waals surface area contributed by atoms with Gasteiger partial charge in [-0.3, -0.25) is 4.79 Å². The summed E-state index contributed by atoms with van der Waals surface area (Å²) in [4.78, 5) is 14.6. The first kappa shape index (κ1) is 16.1. The molecule has 3 rings (SSSR count). The third-order valence-corrected chi connectivity index (χ3v) is 5.10. The number of hydrogen-bond acceptors (Lipinski definition) is 3. The van der Waals surface area contributed by atoms with E-state index in [1.807, 2.05) is 17.9 Å². The zero-order valence-electron chi connectivity index (χ0n) is 12.5. The van der Waals surface area contributed by atoms with Gasteiger partial charge in [-0.2, -0.15) is 0 Å². The topological polar surface area (TPSA) is 55.6 Å². The molecule has 3 atom stereocenters. The van der Waals surface area contributed by atoms with Crippen LogP contribution in [-0.4, -0.2) is 36.1 Å². The van der Waals surface area contributed by atoms with E-state index in [9.17, 15) is 4.79 Å². The van der Waals surface area contributed by atoms with Crippen LogP contribution in [-0.2, 0) is 16.0 Å². The Morgan fingerprint density at radius 1 is 1.41 bits per heavy atom. The van der Waals surface area contributed by atoms with E-state index in [2.05, 4.69) is 0 Å². The first-order valence-electron chi connectivity index (χ1n) is 7.63. The van der Waals surface area contributed by atoms with Crippen LogP contribution in [0.5, 0.6) is 0 Å². The molecule has 2 N–H and O–H groups in total. The Bertz CT molecular complexity index is 594. The van der Waals surface area contributed by atoms with Crippen molar-refractivity contribution in [2.75, 3.05) is 13.2 Å². The predicted molar refractivity (Wildman–Crippen MR) is 87.2 cm³/mol. The number of nitrogens with two attached hydrogens (primary N) is 1. The van der Waals surface area contributed by atoms with Crippen molar-refractivity contribution in [1.82, 2.24) is 4.90 Å². The third-order valence-electron chi connectivity index (χ3n) is 4.57. The minimum absolute atomic E-state index is 0.0133. The number of nitrogens with zero attached hydrogens (tertiary/aromatic N) is 1. The highest BCUT2D eigenvalue weighted by molar-refractivity contribution is 6.35. The SMILES string of the molecule is C[C@H]1c2c(Cl)cc(Cl)cc2CCN1C(=O)[C@H]1C[C@H](N)CCO1. The largest absolute Gasteiger partial charge is 0.368 e. The van der Waals surface area contributed by atoms with Crippen molar-refractivity contribution in [3.05, 3.63) is 33.3 Å². The first-order valence-corrected chi connectivity index (χ1v) is 8.38. The van der Waals surface area contributed by atoms with Gasteiger partial charge in [-0.1, -0.05) is 23.2 Å². The maximum atomic E-state index is 12.8. The number of hydrogen-bond donors (Lipinski definition) is 1. The van der Waals surface area contributed by atoms with Crippen LogP contribution < -0.4 is 5.73 Å². The molecule has 4 nitrogen and oxygen atoms in total. The molecule has 1 aromatic carbocycles. The van der Waals surface area contributed by atoms with Crippen molar-refractivity contribution in [1.29, 1.82) is 0 Å². The fourth-order valence-electron chi connectivity index (χ4n) is 3.38. The summed E-state index contributed by atoms with van der Waals surface area (Å²) in [5.41, 5.74) is 8.07. The molecule has 0 unspecified atom stereocenters. The van der Waals surface area contributed by atoms with E-state index in [0.717, 1.165) is 24.0 Å². The smallest absolute Gasteiger partial charge is 0.252 e. The molecule has 0 saturated carbocycles. The number of rotatable bonds is 1. The van der Waals surface area contributed by atoms with E-state index < -0.39 is 6.10 Å². The molecule has 120 valence electrons. The Balaban J connectivity index is 1.83. The van der Waals surface area contributed by atoms with Crippen LogP contribution in [0.3, 0.4) is 0 Å².